The van der Waals surface area contributed by atoms with Crippen molar-refractivity contribution in [1.82, 2.24) is 34.1 Å². The number of carbonyl (C=O) groups excluding carboxylic acids is 1. The van der Waals surface area contributed by atoms with Crippen molar-refractivity contribution in [3.8, 4) is 11.3 Å². The Balaban J connectivity index is 1.28. The van der Waals surface area contributed by atoms with Gasteiger partial charge in [-0.3, -0.25) is 14.8 Å². The topological polar surface area (TPSA) is 108 Å². The number of aliphatic hydroxyl groups excluding tert-OH is 1. The summed E-state index contributed by atoms with van der Waals surface area (Å²) >= 11 is 0. The normalized spacial score (nSPS) is 19.5. The molecule has 4 heterocycles. The van der Waals surface area contributed by atoms with Gasteiger partial charge in [0.1, 0.15) is 5.69 Å². The molecule has 0 radical (unpaired) electrons. The SMILES string of the molecule is Cc1cc(C(=O)Nc2nc3ccc(N4CCC(N(C)CCN(C)C)CC4)cc3n2[C@H]2CC[C@@H](O)CC2)c(F)c(-c2cnn(C)c2)n1. The number of aromatic nitrogens is 5. The number of hydrogen-bond acceptors (Lipinski definition) is 8. The number of nitrogens with one attached hydrogen (secondary N) is 1. The zero-order chi connectivity index (χ0) is 32.5. The number of nitrogens with zero attached hydrogens (tertiary/aromatic N) is 8. The molecule has 1 aromatic carbocycles. The van der Waals surface area contributed by atoms with Gasteiger partial charge in [-0.15, -0.1) is 0 Å². The average molecular weight is 632 g/mol. The molecule has 1 saturated carbocycles. The number of rotatable bonds is 9. The molecule has 1 aliphatic heterocycles. The summed E-state index contributed by atoms with van der Waals surface area (Å²) in [5.74, 6) is -0.893. The van der Waals surface area contributed by atoms with Crippen molar-refractivity contribution < 1.29 is 14.3 Å². The van der Waals surface area contributed by atoms with E-state index in [0.29, 0.717) is 36.1 Å². The summed E-state index contributed by atoms with van der Waals surface area (Å²) in [6, 6.07) is 8.38. The van der Waals surface area contributed by atoms with E-state index in [1.54, 1.807) is 24.9 Å². The van der Waals surface area contributed by atoms with Crippen molar-refractivity contribution in [1.29, 1.82) is 0 Å². The molecule has 2 N–H and O–H groups in total. The number of likely N-dealkylation sites (N-methyl/N-ethyl adjacent to an activating group) is 2. The highest BCUT2D eigenvalue weighted by Gasteiger charge is 2.28. The van der Waals surface area contributed by atoms with Crippen molar-refractivity contribution in [3.05, 3.63) is 53.7 Å². The van der Waals surface area contributed by atoms with Crippen LogP contribution in [0.1, 0.15) is 60.6 Å². The van der Waals surface area contributed by atoms with Crippen LogP contribution in [-0.2, 0) is 7.05 Å². The van der Waals surface area contributed by atoms with Crippen LogP contribution in [0.15, 0.2) is 36.7 Å². The number of piperidine rings is 1. The Hall–Kier alpha value is -3.87. The second-order valence-corrected chi connectivity index (χ2v) is 13.3. The highest BCUT2D eigenvalue weighted by atomic mass is 19.1. The first-order valence-electron chi connectivity index (χ1n) is 16.3. The number of carbonyl (C=O) groups is 1. The van der Waals surface area contributed by atoms with Crippen LogP contribution >= 0.6 is 0 Å². The molecule has 46 heavy (non-hydrogen) atoms. The highest BCUT2D eigenvalue weighted by molar-refractivity contribution is 6.05. The molecule has 2 aliphatic rings. The van der Waals surface area contributed by atoms with Crippen molar-refractivity contribution in [2.24, 2.45) is 7.05 Å². The summed E-state index contributed by atoms with van der Waals surface area (Å²) in [5.41, 5.74) is 3.86. The number of amides is 1. The number of imidazole rings is 1. The molecule has 0 bridgehead atoms. The molecular weight excluding hydrogens is 585 g/mol. The number of pyridine rings is 1. The Morgan fingerprint density at radius 2 is 1.78 bits per heavy atom. The second kappa shape index (κ2) is 13.5. The van der Waals surface area contributed by atoms with E-state index in [-0.39, 0.29) is 23.4 Å². The van der Waals surface area contributed by atoms with Crippen LogP contribution in [0.25, 0.3) is 22.3 Å². The zero-order valence-corrected chi connectivity index (χ0v) is 27.6. The maximum Gasteiger partial charge on any atom is 0.261 e. The van der Waals surface area contributed by atoms with Crippen molar-refractivity contribution in [2.45, 2.75) is 63.6 Å². The van der Waals surface area contributed by atoms with Crippen LogP contribution in [0.3, 0.4) is 0 Å². The number of hydrogen-bond donors (Lipinski definition) is 2. The first-order valence-corrected chi connectivity index (χ1v) is 16.3. The van der Waals surface area contributed by atoms with Gasteiger partial charge in [-0.2, -0.15) is 5.10 Å². The zero-order valence-electron chi connectivity index (χ0n) is 27.6. The maximum atomic E-state index is 15.8. The Morgan fingerprint density at radius 1 is 1.04 bits per heavy atom. The molecule has 3 aromatic heterocycles. The molecule has 4 aromatic rings. The summed E-state index contributed by atoms with van der Waals surface area (Å²) in [7, 11) is 8.20. The van der Waals surface area contributed by atoms with E-state index < -0.39 is 11.7 Å². The Morgan fingerprint density at radius 3 is 2.46 bits per heavy atom. The predicted octanol–water partition coefficient (Wildman–Crippen LogP) is 4.47. The van der Waals surface area contributed by atoms with Gasteiger partial charge in [-0.1, -0.05) is 0 Å². The molecule has 2 fully saturated rings. The Kier molecular flexibility index (Phi) is 9.39. The molecule has 12 heteroatoms. The number of aliphatic hydroxyl groups is 1. The third-order valence-electron chi connectivity index (χ3n) is 9.59. The van der Waals surface area contributed by atoms with Gasteiger partial charge in [0.05, 0.1) is 28.9 Å². The molecule has 1 saturated heterocycles. The first-order chi connectivity index (χ1) is 22.1. The van der Waals surface area contributed by atoms with Gasteiger partial charge in [0.25, 0.3) is 5.91 Å². The van der Waals surface area contributed by atoms with Crippen LogP contribution in [-0.4, -0.2) is 105 Å². The van der Waals surface area contributed by atoms with E-state index in [1.807, 2.05) is 6.07 Å². The first kappa shape index (κ1) is 32.1. The van der Waals surface area contributed by atoms with E-state index in [2.05, 4.69) is 67.9 Å². The number of halogens is 1. The van der Waals surface area contributed by atoms with Crippen LogP contribution < -0.4 is 10.2 Å². The number of benzene rings is 1. The van der Waals surface area contributed by atoms with Gasteiger partial charge in [0.15, 0.2) is 5.82 Å². The molecule has 11 nitrogen and oxygen atoms in total. The Labute approximate surface area is 270 Å². The summed E-state index contributed by atoms with van der Waals surface area (Å²) in [6.07, 6.45) is 7.97. The summed E-state index contributed by atoms with van der Waals surface area (Å²) in [5, 5.41) is 17.3. The molecule has 6 rings (SSSR count). The quantitative estimate of drug-likeness (QED) is 0.279. The third kappa shape index (κ3) is 6.79. The fourth-order valence-corrected chi connectivity index (χ4v) is 6.88. The molecule has 1 aliphatic carbocycles. The van der Waals surface area contributed by atoms with Crippen molar-refractivity contribution >= 4 is 28.6 Å². The number of anilines is 2. The lowest BCUT2D eigenvalue weighted by Crippen LogP contribution is -2.45. The minimum atomic E-state index is -0.697. The lowest BCUT2D eigenvalue weighted by molar-refractivity contribution is 0.101. The third-order valence-corrected chi connectivity index (χ3v) is 9.59. The van der Waals surface area contributed by atoms with Crippen molar-refractivity contribution in [3.63, 3.8) is 0 Å². The van der Waals surface area contributed by atoms with Crippen LogP contribution in [0.5, 0.6) is 0 Å². The summed E-state index contributed by atoms with van der Waals surface area (Å²) in [6.45, 7) is 5.78. The van der Waals surface area contributed by atoms with Crippen LogP contribution in [0.2, 0.25) is 0 Å². The standard InChI is InChI=1S/C34H46FN9O2/c1-22-18-28(31(35)32(37-22)23-20-36-42(5)21-23)33(46)39-34-38-29-11-8-26(19-30(29)44(34)25-6-9-27(45)10-7-25)43-14-12-24(13-15-43)41(4)17-16-40(2)3/h8,11,18-21,24-25,27,45H,6-7,9-10,12-17H2,1-5H3,(H,38,39,46)/t25-,27+. The summed E-state index contributed by atoms with van der Waals surface area (Å²) < 4.78 is 19.5. The lowest BCUT2D eigenvalue weighted by atomic mass is 9.93. The molecular formula is C34H46FN9O2. The fraction of sp³-hybridized carbons (Fsp3) is 0.529. The van der Waals surface area contributed by atoms with Crippen molar-refractivity contribution in [2.75, 3.05) is 57.5 Å². The predicted molar refractivity (Wildman–Crippen MR) is 179 cm³/mol. The van der Waals surface area contributed by atoms with Crippen LogP contribution in [0, 0.1) is 12.7 Å². The molecule has 1 amide bonds. The number of aryl methyl sites for hydroxylation is 2. The minimum absolute atomic E-state index is 0.0463. The minimum Gasteiger partial charge on any atom is -0.393 e. The molecule has 246 valence electrons. The van der Waals surface area contributed by atoms with E-state index in [1.165, 1.54) is 12.3 Å². The lowest BCUT2D eigenvalue weighted by Gasteiger charge is -2.38. The van der Waals surface area contributed by atoms with Gasteiger partial charge in [-0.25, -0.2) is 14.4 Å². The highest BCUT2D eigenvalue weighted by Crippen LogP contribution is 2.36. The largest absolute Gasteiger partial charge is 0.393 e. The monoisotopic (exact) mass is 631 g/mol. The van der Waals surface area contributed by atoms with Gasteiger partial charge in [-0.05, 0) is 90.9 Å². The number of fused-ring (bicyclic) bond motifs is 1. The van der Waals surface area contributed by atoms with E-state index in [9.17, 15) is 9.90 Å². The van der Waals surface area contributed by atoms with E-state index in [4.69, 9.17) is 4.98 Å². The fourth-order valence-electron chi connectivity index (χ4n) is 6.88. The van der Waals surface area contributed by atoms with Gasteiger partial charge in [0, 0.05) is 68.5 Å². The van der Waals surface area contributed by atoms with Gasteiger partial charge >= 0.3 is 0 Å². The molecule has 0 spiro atoms. The second-order valence-electron chi connectivity index (χ2n) is 13.3. The van der Waals surface area contributed by atoms with E-state index >= 15 is 4.39 Å². The molecule has 0 unspecified atom stereocenters. The van der Waals surface area contributed by atoms with Crippen LogP contribution in [0.4, 0.5) is 16.0 Å². The van der Waals surface area contributed by atoms with Gasteiger partial charge in [0.2, 0.25) is 5.95 Å². The van der Waals surface area contributed by atoms with E-state index in [0.717, 1.165) is 68.6 Å². The average Bonchev–Trinajstić information content (AvgIpc) is 3.63. The smallest absolute Gasteiger partial charge is 0.261 e. The Bertz CT molecular complexity index is 1680. The summed E-state index contributed by atoms with van der Waals surface area (Å²) in [4.78, 5) is 30.1. The maximum absolute atomic E-state index is 15.8. The van der Waals surface area contributed by atoms with Gasteiger partial charge < -0.3 is 24.4 Å². The molecule has 0 atom stereocenters.